The number of carbonyl (C=O) groups is 3. The standard InChI is InChI=1S/C20H30N2O6/c1-7-26-16(23)20(14(2)3,22-18(25)28-19(4,5)6)21-17(24)27-13-15-11-9-8-10-12-15/h8-12,14H,7,13H2,1-6H3,(H,21,24)(H,22,25)/t20-/m0/s1. The maximum Gasteiger partial charge on any atom is 0.409 e. The van der Waals surface area contributed by atoms with Gasteiger partial charge in [0.15, 0.2) is 0 Å². The minimum absolute atomic E-state index is 0.0100. The molecule has 0 unspecified atom stereocenters. The lowest BCUT2D eigenvalue weighted by Gasteiger charge is -2.36. The molecule has 2 N–H and O–H groups in total. The molecule has 1 aromatic rings. The Bertz CT molecular complexity index is 669. The molecule has 0 saturated heterocycles. The molecule has 0 aliphatic heterocycles. The summed E-state index contributed by atoms with van der Waals surface area (Å²) < 4.78 is 15.5. The van der Waals surface area contributed by atoms with Crippen molar-refractivity contribution in [1.29, 1.82) is 0 Å². The molecule has 0 aromatic heterocycles. The summed E-state index contributed by atoms with van der Waals surface area (Å²) in [7, 11) is 0. The highest BCUT2D eigenvalue weighted by Gasteiger charge is 2.47. The minimum Gasteiger partial charge on any atom is -0.463 e. The van der Waals surface area contributed by atoms with Crippen LogP contribution in [-0.4, -0.2) is 36.0 Å². The molecule has 0 bridgehead atoms. The molecule has 8 heteroatoms. The van der Waals surface area contributed by atoms with Crippen LogP contribution in [0.15, 0.2) is 30.3 Å². The largest absolute Gasteiger partial charge is 0.463 e. The van der Waals surface area contributed by atoms with E-state index in [4.69, 9.17) is 14.2 Å². The minimum atomic E-state index is -1.84. The first kappa shape index (κ1) is 23.3. The Kier molecular flexibility index (Phi) is 8.28. The highest BCUT2D eigenvalue weighted by Crippen LogP contribution is 2.19. The Labute approximate surface area is 165 Å². The summed E-state index contributed by atoms with van der Waals surface area (Å²) in [5, 5.41) is 4.91. The zero-order valence-corrected chi connectivity index (χ0v) is 17.3. The van der Waals surface area contributed by atoms with E-state index < -0.39 is 35.3 Å². The van der Waals surface area contributed by atoms with E-state index in [0.29, 0.717) is 0 Å². The van der Waals surface area contributed by atoms with Gasteiger partial charge in [-0.15, -0.1) is 0 Å². The molecule has 1 atom stereocenters. The fraction of sp³-hybridized carbons (Fsp3) is 0.550. The molecule has 8 nitrogen and oxygen atoms in total. The van der Waals surface area contributed by atoms with Crippen molar-refractivity contribution in [3.63, 3.8) is 0 Å². The van der Waals surface area contributed by atoms with Gasteiger partial charge in [0.2, 0.25) is 5.66 Å². The Hall–Kier alpha value is -2.77. The van der Waals surface area contributed by atoms with E-state index in [2.05, 4.69) is 10.6 Å². The van der Waals surface area contributed by atoms with Crippen LogP contribution in [0.3, 0.4) is 0 Å². The monoisotopic (exact) mass is 394 g/mol. The molecule has 0 radical (unpaired) electrons. The van der Waals surface area contributed by atoms with Gasteiger partial charge in [-0.2, -0.15) is 0 Å². The van der Waals surface area contributed by atoms with E-state index in [0.717, 1.165) is 5.56 Å². The smallest absolute Gasteiger partial charge is 0.409 e. The van der Waals surface area contributed by atoms with Gasteiger partial charge in [-0.25, -0.2) is 14.4 Å². The molecule has 28 heavy (non-hydrogen) atoms. The number of carbonyl (C=O) groups excluding carboxylic acids is 3. The van der Waals surface area contributed by atoms with Gasteiger partial charge in [0.05, 0.1) is 6.61 Å². The molecule has 1 aromatic carbocycles. The van der Waals surface area contributed by atoms with Crippen molar-refractivity contribution >= 4 is 18.2 Å². The van der Waals surface area contributed by atoms with E-state index in [-0.39, 0.29) is 13.2 Å². The summed E-state index contributed by atoms with van der Waals surface area (Å²) >= 11 is 0. The average Bonchev–Trinajstić information content (AvgIpc) is 2.58. The van der Waals surface area contributed by atoms with Gasteiger partial charge in [0.1, 0.15) is 12.2 Å². The molecule has 156 valence electrons. The van der Waals surface area contributed by atoms with Gasteiger partial charge >= 0.3 is 18.2 Å². The van der Waals surface area contributed by atoms with Crippen molar-refractivity contribution in [2.45, 2.75) is 59.4 Å². The molecular formula is C20H30N2O6. The SMILES string of the molecule is CCOC(=O)[C@@](NC(=O)OCc1ccccc1)(NC(=O)OC(C)(C)C)C(C)C. The molecule has 0 saturated carbocycles. The predicted octanol–water partition coefficient (Wildman–Crippen LogP) is 3.35. The van der Waals surface area contributed by atoms with Gasteiger partial charge in [-0.3, -0.25) is 10.6 Å². The van der Waals surface area contributed by atoms with Crippen LogP contribution in [0.1, 0.15) is 47.1 Å². The second-order valence-corrected chi connectivity index (χ2v) is 7.50. The van der Waals surface area contributed by atoms with E-state index in [1.807, 2.05) is 18.2 Å². The van der Waals surface area contributed by atoms with Crippen LogP contribution >= 0.6 is 0 Å². The average molecular weight is 394 g/mol. The Morgan fingerprint density at radius 1 is 0.964 bits per heavy atom. The highest BCUT2D eigenvalue weighted by atomic mass is 16.6. The van der Waals surface area contributed by atoms with Gasteiger partial charge in [0, 0.05) is 5.92 Å². The summed E-state index contributed by atoms with van der Waals surface area (Å²) in [6.07, 6.45) is -1.74. The van der Waals surface area contributed by atoms with Gasteiger partial charge < -0.3 is 14.2 Å². The fourth-order valence-electron chi connectivity index (χ4n) is 2.29. The third-order valence-electron chi connectivity index (χ3n) is 3.67. The molecule has 0 heterocycles. The first-order valence-corrected chi connectivity index (χ1v) is 9.17. The summed E-state index contributed by atoms with van der Waals surface area (Å²) in [6.45, 7) is 10.1. The quantitative estimate of drug-likeness (QED) is 0.418. The van der Waals surface area contributed by atoms with Crippen LogP contribution < -0.4 is 10.6 Å². The zero-order chi connectivity index (χ0) is 21.4. The summed E-state index contributed by atoms with van der Waals surface area (Å²) in [4.78, 5) is 37.3. The van der Waals surface area contributed by atoms with E-state index in [1.54, 1.807) is 53.7 Å². The molecule has 2 amide bonds. The normalized spacial score (nSPS) is 13.2. The van der Waals surface area contributed by atoms with E-state index >= 15 is 0 Å². The number of nitrogens with one attached hydrogen (secondary N) is 2. The predicted molar refractivity (Wildman–Crippen MR) is 103 cm³/mol. The van der Waals surface area contributed by atoms with Gasteiger partial charge in [0.25, 0.3) is 0 Å². The van der Waals surface area contributed by atoms with Crippen molar-refractivity contribution in [3.8, 4) is 0 Å². The van der Waals surface area contributed by atoms with Crippen molar-refractivity contribution in [1.82, 2.24) is 10.6 Å². The third-order valence-corrected chi connectivity index (χ3v) is 3.67. The maximum atomic E-state index is 12.7. The molecule has 1 rings (SSSR count). The maximum absolute atomic E-state index is 12.7. The van der Waals surface area contributed by atoms with Crippen LogP contribution in [0.2, 0.25) is 0 Å². The van der Waals surface area contributed by atoms with Crippen LogP contribution in [0.5, 0.6) is 0 Å². The van der Waals surface area contributed by atoms with E-state index in [1.165, 1.54) is 0 Å². The molecule has 0 aliphatic rings. The lowest BCUT2D eigenvalue weighted by molar-refractivity contribution is -0.155. The van der Waals surface area contributed by atoms with Crippen LogP contribution in [-0.2, 0) is 25.6 Å². The number of hydrogen-bond donors (Lipinski definition) is 2. The first-order valence-electron chi connectivity index (χ1n) is 9.17. The number of hydrogen-bond acceptors (Lipinski definition) is 6. The number of amides is 2. The van der Waals surface area contributed by atoms with Crippen molar-refractivity contribution in [2.75, 3.05) is 6.61 Å². The van der Waals surface area contributed by atoms with Gasteiger partial charge in [-0.05, 0) is 33.3 Å². The number of ether oxygens (including phenoxy) is 3. The summed E-state index contributed by atoms with van der Waals surface area (Å²) in [5.41, 5.74) is -1.84. The van der Waals surface area contributed by atoms with Gasteiger partial charge in [-0.1, -0.05) is 44.2 Å². The third kappa shape index (κ3) is 7.09. The number of benzene rings is 1. The van der Waals surface area contributed by atoms with Crippen LogP contribution in [0.4, 0.5) is 9.59 Å². The Morgan fingerprint density at radius 2 is 1.54 bits per heavy atom. The number of rotatable bonds is 7. The molecular weight excluding hydrogens is 364 g/mol. The van der Waals surface area contributed by atoms with E-state index in [9.17, 15) is 14.4 Å². The molecule has 0 fully saturated rings. The Morgan fingerprint density at radius 3 is 2.04 bits per heavy atom. The number of esters is 1. The van der Waals surface area contributed by atoms with Crippen molar-refractivity contribution in [2.24, 2.45) is 5.92 Å². The second-order valence-electron chi connectivity index (χ2n) is 7.50. The highest BCUT2D eigenvalue weighted by molar-refractivity contribution is 5.89. The lowest BCUT2D eigenvalue weighted by atomic mass is 9.96. The second kappa shape index (κ2) is 9.96. The topological polar surface area (TPSA) is 103 Å². The first-order chi connectivity index (χ1) is 13.0. The van der Waals surface area contributed by atoms with Crippen LogP contribution in [0.25, 0.3) is 0 Å². The Balaban J connectivity index is 2.98. The lowest BCUT2D eigenvalue weighted by Crippen LogP contribution is -2.69. The van der Waals surface area contributed by atoms with Crippen molar-refractivity contribution < 1.29 is 28.6 Å². The zero-order valence-electron chi connectivity index (χ0n) is 17.3. The molecule has 0 aliphatic carbocycles. The fourth-order valence-corrected chi connectivity index (χ4v) is 2.29. The van der Waals surface area contributed by atoms with Crippen molar-refractivity contribution in [3.05, 3.63) is 35.9 Å². The van der Waals surface area contributed by atoms with Crippen LogP contribution in [0, 0.1) is 5.92 Å². The summed E-state index contributed by atoms with van der Waals surface area (Å²) in [5.74, 6) is -1.36. The molecule has 0 spiro atoms. The summed E-state index contributed by atoms with van der Waals surface area (Å²) in [6, 6.07) is 9.08. The number of alkyl carbamates (subject to hydrolysis) is 2.